The molecule has 1 aliphatic rings. The number of nitrogens with zero attached hydrogens (tertiary/aromatic N) is 1. The van der Waals surface area contributed by atoms with Crippen LogP contribution in [-0.2, 0) is 11.3 Å². The maximum absolute atomic E-state index is 11.9. The highest BCUT2D eigenvalue weighted by molar-refractivity contribution is 5.85. The summed E-state index contributed by atoms with van der Waals surface area (Å²) >= 11 is 0. The van der Waals surface area contributed by atoms with Crippen LogP contribution in [0.2, 0.25) is 0 Å². The molecular formula is C13H18ClN3O3. The van der Waals surface area contributed by atoms with E-state index in [9.17, 15) is 14.9 Å². The first kappa shape index (κ1) is 16.4. The molecule has 7 heteroatoms. The molecule has 1 heterocycles. The van der Waals surface area contributed by atoms with Crippen LogP contribution < -0.4 is 10.6 Å². The first-order valence-electron chi connectivity index (χ1n) is 6.39. The van der Waals surface area contributed by atoms with E-state index < -0.39 is 4.92 Å². The molecule has 2 rings (SSSR count). The molecule has 0 aliphatic carbocycles. The number of halogens is 1. The van der Waals surface area contributed by atoms with Crippen LogP contribution in [0.15, 0.2) is 24.3 Å². The van der Waals surface area contributed by atoms with Gasteiger partial charge < -0.3 is 10.6 Å². The molecule has 20 heavy (non-hydrogen) atoms. The third kappa shape index (κ3) is 4.18. The first-order valence-corrected chi connectivity index (χ1v) is 6.39. The molecule has 1 aromatic carbocycles. The number of piperidine rings is 1. The van der Waals surface area contributed by atoms with Crippen LogP contribution in [0.4, 0.5) is 5.69 Å². The summed E-state index contributed by atoms with van der Waals surface area (Å²) in [5, 5.41) is 16.8. The van der Waals surface area contributed by atoms with Crippen molar-refractivity contribution in [2.75, 3.05) is 13.1 Å². The van der Waals surface area contributed by atoms with Crippen LogP contribution in [-0.4, -0.2) is 23.9 Å². The van der Waals surface area contributed by atoms with Crippen molar-refractivity contribution in [2.45, 2.75) is 19.4 Å². The Labute approximate surface area is 123 Å². The van der Waals surface area contributed by atoms with Crippen LogP contribution in [0.1, 0.15) is 18.4 Å². The van der Waals surface area contributed by atoms with Crippen molar-refractivity contribution >= 4 is 24.0 Å². The smallest absolute Gasteiger partial charge is 0.274 e. The predicted octanol–water partition coefficient (Wildman–Crippen LogP) is 1.63. The van der Waals surface area contributed by atoms with Gasteiger partial charge in [-0.1, -0.05) is 18.2 Å². The number of carbonyl (C=O) groups excluding carboxylic acids is 1. The summed E-state index contributed by atoms with van der Waals surface area (Å²) in [6.45, 7) is 1.84. The second kappa shape index (κ2) is 7.81. The van der Waals surface area contributed by atoms with Crippen molar-refractivity contribution in [3.05, 3.63) is 39.9 Å². The number of carbonyl (C=O) groups is 1. The Bertz CT molecular complexity index is 476. The molecule has 0 aromatic heterocycles. The number of benzene rings is 1. The zero-order valence-electron chi connectivity index (χ0n) is 11.0. The Morgan fingerprint density at radius 1 is 1.45 bits per heavy atom. The highest BCUT2D eigenvalue weighted by atomic mass is 35.5. The summed E-state index contributed by atoms with van der Waals surface area (Å²) in [5.74, 6) is -0.0677. The van der Waals surface area contributed by atoms with Gasteiger partial charge in [0.2, 0.25) is 5.91 Å². The Balaban J connectivity index is 0.00000200. The lowest BCUT2D eigenvalue weighted by atomic mass is 9.99. The molecule has 1 amide bonds. The number of nitro groups is 1. The van der Waals surface area contributed by atoms with E-state index in [1.807, 2.05) is 0 Å². The van der Waals surface area contributed by atoms with Crippen molar-refractivity contribution in [2.24, 2.45) is 5.92 Å². The lowest BCUT2D eigenvalue weighted by Gasteiger charge is -2.21. The van der Waals surface area contributed by atoms with E-state index in [0.29, 0.717) is 12.1 Å². The number of nitro benzene ring substituents is 1. The molecule has 0 radical (unpaired) electrons. The summed E-state index contributed by atoms with van der Waals surface area (Å²) in [5.41, 5.74) is 0.578. The number of nitrogens with one attached hydrogen (secondary N) is 2. The third-order valence-corrected chi connectivity index (χ3v) is 3.31. The Morgan fingerprint density at radius 2 is 2.20 bits per heavy atom. The van der Waals surface area contributed by atoms with Crippen LogP contribution in [0, 0.1) is 16.0 Å². The SMILES string of the molecule is Cl.O=C(NCc1ccccc1[N+](=O)[O-])[C@@H]1CCCNC1. The fourth-order valence-electron chi connectivity index (χ4n) is 2.24. The molecule has 0 spiro atoms. The van der Waals surface area contributed by atoms with Gasteiger partial charge in [-0.05, 0) is 19.4 Å². The number of hydrogen-bond acceptors (Lipinski definition) is 4. The lowest BCUT2D eigenvalue weighted by molar-refractivity contribution is -0.385. The Hall–Kier alpha value is -1.66. The summed E-state index contributed by atoms with van der Waals surface area (Å²) in [4.78, 5) is 22.4. The molecule has 0 saturated carbocycles. The molecule has 110 valence electrons. The monoisotopic (exact) mass is 299 g/mol. The standard InChI is InChI=1S/C13H17N3O3.ClH/c17-13(11-5-3-7-14-8-11)15-9-10-4-1-2-6-12(10)16(18)19;/h1-2,4,6,11,14H,3,5,7-9H2,(H,15,17);1H/t11-;/m1./s1. The van der Waals surface area contributed by atoms with Gasteiger partial charge in [0.05, 0.1) is 10.8 Å². The van der Waals surface area contributed by atoms with E-state index in [1.165, 1.54) is 6.07 Å². The van der Waals surface area contributed by atoms with Crippen molar-refractivity contribution < 1.29 is 9.72 Å². The molecule has 0 bridgehead atoms. The van der Waals surface area contributed by atoms with E-state index in [-0.39, 0.29) is 36.5 Å². The average molecular weight is 300 g/mol. The normalized spacial score (nSPS) is 17.9. The van der Waals surface area contributed by atoms with E-state index in [4.69, 9.17) is 0 Å². The maximum Gasteiger partial charge on any atom is 0.274 e. The third-order valence-electron chi connectivity index (χ3n) is 3.31. The van der Waals surface area contributed by atoms with Crippen LogP contribution >= 0.6 is 12.4 Å². The van der Waals surface area contributed by atoms with Gasteiger partial charge >= 0.3 is 0 Å². The number of rotatable bonds is 4. The lowest BCUT2D eigenvalue weighted by Crippen LogP contribution is -2.40. The molecule has 1 fully saturated rings. The summed E-state index contributed by atoms with van der Waals surface area (Å²) in [6, 6.07) is 6.46. The summed E-state index contributed by atoms with van der Waals surface area (Å²) in [6.07, 6.45) is 1.86. The van der Waals surface area contributed by atoms with Crippen molar-refractivity contribution in [3.63, 3.8) is 0 Å². The zero-order chi connectivity index (χ0) is 13.7. The van der Waals surface area contributed by atoms with Crippen LogP contribution in [0.5, 0.6) is 0 Å². The van der Waals surface area contributed by atoms with Gasteiger partial charge in [0, 0.05) is 24.7 Å². The molecular weight excluding hydrogens is 282 g/mol. The predicted molar refractivity (Wildman–Crippen MR) is 77.8 cm³/mol. The van der Waals surface area contributed by atoms with Crippen LogP contribution in [0.25, 0.3) is 0 Å². The van der Waals surface area contributed by atoms with Crippen LogP contribution in [0.3, 0.4) is 0 Å². The second-order valence-electron chi connectivity index (χ2n) is 4.65. The molecule has 1 saturated heterocycles. The van der Waals surface area contributed by atoms with Gasteiger partial charge in [0.25, 0.3) is 5.69 Å². The minimum absolute atomic E-state index is 0. The number of amides is 1. The molecule has 1 aromatic rings. The van der Waals surface area contributed by atoms with E-state index in [1.54, 1.807) is 18.2 Å². The van der Waals surface area contributed by atoms with Gasteiger partial charge in [-0.25, -0.2) is 0 Å². The van der Waals surface area contributed by atoms with E-state index in [2.05, 4.69) is 10.6 Å². The zero-order valence-corrected chi connectivity index (χ0v) is 11.8. The fourth-order valence-corrected chi connectivity index (χ4v) is 2.24. The van der Waals surface area contributed by atoms with Crippen molar-refractivity contribution in [3.8, 4) is 0 Å². The average Bonchev–Trinajstić information content (AvgIpc) is 2.46. The summed E-state index contributed by atoms with van der Waals surface area (Å²) < 4.78 is 0. The second-order valence-corrected chi connectivity index (χ2v) is 4.65. The molecule has 1 aliphatic heterocycles. The van der Waals surface area contributed by atoms with E-state index in [0.717, 1.165) is 19.4 Å². The quantitative estimate of drug-likeness (QED) is 0.654. The maximum atomic E-state index is 11.9. The summed E-state index contributed by atoms with van der Waals surface area (Å²) in [7, 11) is 0. The number of para-hydroxylation sites is 1. The number of hydrogen-bond donors (Lipinski definition) is 2. The van der Waals surface area contributed by atoms with Gasteiger partial charge in [0.15, 0.2) is 0 Å². The van der Waals surface area contributed by atoms with Gasteiger partial charge in [0.1, 0.15) is 0 Å². The van der Waals surface area contributed by atoms with Crippen molar-refractivity contribution in [1.29, 1.82) is 0 Å². The Kier molecular flexibility index (Phi) is 6.41. The Morgan fingerprint density at radius 3 is 2.85 bits per heavy atom. The van der Waals surface area contributed by atoms with E-state index >= 15 is 0 Å². The first-order chi connectivity index (χ1) is 9.18. The molecule has 1 atom stereocenters. The van der Waals surface area contributed by atoms with Crippen molar-refractivity contribution in [1.82, 2.24) is 10.6 Å². The fraction of sp³-hybridized carbons (Fsp3) is 0.462. The highest BCUT2D eigenvalue weighted by Crippen LogP contribution is 2.17. The van der Waals surface area contributed by atoms with Gasteiger partial charge in [-0.3, -0.25) is 14.9 Å². The van der Waals surface area contributed by atoms with Gasteiger partial charge in [-0.2, -0.15) is 0 Å². The molecule has 6 nitrogen and oxygen atoms in total. The molecule has 2 N–H and O–H groups in total. The molecule has 0 unspecified atom stereocenters. The minimum Gasteiger partial charge on any atom is -0.351 e. The topological polar surface area (TPSA) is 84.3 Å². The van der Waals surface area contributed by atoms with Gasteiger partial charge in [-0.15, -0.1) is 12.4 Å². The minimum atomic E-state index is -0.427. The largest absolute Gasteiger partial charge is 0.351 e. The highest BCUT2D eigenvalue weighted by Gasteiger charge is 2.21.